The molecule has 0 saturated heterocycles. The highest BCUT2D eigenvalue weighted by molar-refractivity contribution is 5.99. The van der Waals surface area contributed by atoms with E-state index in [1.54, 1.807) is 0 Å². The summed E-state index contributed by atoms with van der Waals surface area (Å²) in [5, 5.41) is 3.77. The monoisotopic (exact) mass is 232 g/mol. The molecule has 1 aliphatic carbocycles. The van der Waals surface area contributed by atoms with E-state index in [4.69, 9.17) is 0 Å². The van der Waals surface area contributed by atoms with Gasteiger partial charge in [0.25, 0.3) is 5.78 Å². The van der Waals surface area contributed by atoms with Crippen LogP contribution >= 0.6 is 0 Å². The fourth-order valence-electron chi connectivity index (χ4n) is 1.68. The minimum atomic E-state index is -4.82. The number of carbonyl (C=O) groups excluding carboxylic acids is 1. The molecule has 6 heteroatoms. The zero-order valence-electron chi connectivity index (χ0n) is 8.50. The largest absolute Gasteiger partial charge is 0.454 e. The molecule has 1 aromatic heterocycles. The van der Waals surface area contributed by atoms with Crippen molar-refractivity contribution in [3.8, 4) is 0 Å². The first-order valence-corrected chi connectivity index (χ1v) is 5.11. The van der Waals surface area contributed by atoms with Crippen LogP contribution in [0.3, 0.4) is 0 Å². The van der Waals surface area contributed by atoms with E-state index in [-0.39, 0.29) is 5.56 Å². The number of carbonyl (C=O) groups is 1. The maximum absolute atomic E-state index is 12.1. The third-order valence-corrected chi connectivity index (χ3v) is 2.82. The van der Waals surface area contributed by atoms with Gasteiger partial charge in [0.2, 0.25) is 0 Å². The van der Waals surface area contributed by atoms with Crippen molar-refractivity contribution in [1.29, 1.82) is 0 Å². The van der Waals surface area contributed by atoms with E-state index in [0.29, 0.717) is 12.5 Å². The van der Waals surface area contributed by atoms with Crippen LogP contribution in [0, 0.1) is 5.92 Å². The van der Waals surface area contributed by atoms with Crippen molar-refractivity contribution in [1.82, 2.24) is 9.78 Å². The molecule has 0 N–H and O–H groups in total. The molecule has 0 amide bonds. The predicted octanol–water partition coefficient (Wildman–Crippen LogP) is 2.43. The van der Waals surface area contributed by atoms with Gasteiger partial charge in [0.05, 0.1) is 11.8 Å². The summed E-state index contributed by atoms with van der Waals surface area (Å²) in [4.78, 5) is 10.9. The van der Waals surface area contributed by atoms with Crippen LogP contribution < -0.4 is 0 Å². The van der Waals surface area contributed by atoms with Crippen LogP contribution in [0.4, 0.5) is 13.2 Å². The van der Waals surface area contributed by atoms with Crippen LogP contribution in [-0.2, 0) is 6.54 Å². The summed E-state index contributed by atoms with van der Waals surface area (Å²) >= 11 is 0. The Bertz CT molecular complexity index is 393. The van der Waals surface area contributed by atoms with Gasteiger partial charge in [-0.25, -0.2) is 0 Å². The summed E-state index contributed by atoms with van der Waals surface area (Å²) in [6, 6.07) is 0. The molecule has 1 saturated carbocycles. The molecule has 16 heavy (non-hydrogen) atoms. The summed E-state index contributed by atoms with van der Waals surface area (Å²) in [5.41, 5.74) is -0.383. The molecule has 0 radical (unpaired) electrons. The second-order valence-corrected chi connectivity index (χ2v) is 4.07. The molecule has 88 valence electrons. The lowest BCUT2D eigenvalue weighted by atomic mass is 9.85. The zero-order chi connectivity index (χ0) is 11.8. The van der Waals surface area contributed by atoms with Crippen LogP contribution in [0.1, 0.15) is 29.6 Å². The van der Waals surface area contributed by atoms with E-state index in [2.05, 4.69) is 5.10 Å². The van der Waals surface area contributed by atoms with E-state index in [0.717, 1.165) is 19.0 Å². The lowest BCUT2D eigenvalue weighted by molar-refractivity contribution is -0.0885. The van der Waals surface area contributed by atoms with Gasteiger partial charge >= 0.3 is 6.18 Å². The van der Waals surface area contributed by atoms with Crippen molar-refractivity contribution < 1.29 is 18.0 Å². The van der Waals surface area contributed by atoms with Crippen molar-refractivity contribution in [2.75, 3.05) is 0 Å². The maximum Gasteiger partial charge on any atom is 0.454 e. The Morgan fingerprint density at radius 3 is 2.69 bits per heavy atom. The first-order chi connectivity index (χ1) is 7.47. The molecule has 0 aromatic carbocycles. The van der Waals surface area contributed by atoms with Crippen molar-refractivity contribution in [3.63, 3.8) is 0 Å². The number of aromatic nitrogens is 2. The molecule has 1 fully saturated rings. The number of ketones is 1. The van der Waals surface area contributed by atoms with Gasteiger partial charge < -0.3 is 0 Å². The number of halogens is 3. The lowest BCUT2D eigenvalue weighted by Crippen LogP contribution is -2.22. The summed E-state index contributed by atoms with van der Waals surface area (Å²) in [6.45, 7) is 0.602. The number of hydrogen-bond donors (Lipinski definition) is 0. The predicted molar refractivity (Wildman–Crippen MR) is 50.0 cm³/mol. The number of hydrogen-bond acceptors (Lipinski definition) is 2. The van der Waals surface area contributed by atoms with Gasteiger partial charge in [0.1, 0.15) is 0 Å². The lowest BCUT2D eigenvalue weighted by Gasteiger charge is -2.24. The summed E-state index contributed by atoms with van der Waals surface area (Å²) in [6.07, 6.45) is 0.679. The molecular weight excluding hydrogens is 221 g/mol. The molecule has 2 rings (SSSR count). The first-order valence-electron chi connectivity index (χ1n) is 5.11. The van der Waals surface area contributed by atoms with Gasteiger partial charge in [-0.1, -0.05) is 6.42 Å². The van der Waals surface area contributed by atoms with Gasteiger partial charge in [-0.15, -0.1) is 0 Å². The Kier molecular flexibility index (Phi) is 2.73. The normalized spacial score (nSPS) is 17.2. The minimum Gasteiger partial charge on any atom is -0.284 e. The molecule has 1 aliphatic rings. The highest BCUT2D eigenvalue weighted by Gasteiger charge is 2.40. The minimum absolute atomic E-state index is 0.383. The Balaban J connectivity index is 2.04. The van der Waals surface area contributed by atoms with Crippen LogP contribution in [0.2, 0.25) is 0 Å². The molecule has 3 nitrogen and oxygen atoms in total. The highest BCUT2D eigenvalue weighted by atomic mass is 19.4. The molecule has 0 unspecified atom stereocenters. The topological polar surface area (TPSA) is 34.9 Å². The van der Waals surface area contributed by atoms with Crippen molar-refractivity contribution >= 4 is 5.78 Å². The fraction of sp³-hybridized carbons (Fsp3) is 0.600. The third-order valence-electron chi connectivity index (χ3n) is 2.82. The molecule has 1 heterocycles. The zero-order valence-corrected chi connectivity index (χ0v) is 8.50. The van der Waals surface area contributed by atoms with Crippen molar-refractivity contribution in [2.24, 2.45) is 5.92 Å². The molecule has 0 atom stereocenters. The average molecular weight is 232 g/mol. The highest BCUT2D eigenvalue weighted by Crippen LogP contribution is 2.28. The SMILES string of the molecule is O=C(c1cnn(CC2CCC2)c1)C(F)(F)F. The third kappa shape index (κ3) is 2.25. The quantitative estimate of drug-likeness (QED) is 0.750. The molecule has 0 spiro atoms. The van der Waals surface area contributed by atoms with E-state index in [9.17, 15) is 18.0 Å². The van der Waals surface area contributed by atoms with Crippen LogP contribution in [0.25, 0.3) is 0 Å². The number of Topliss-reactive ketones (excluding diaryl/α,β-unsaturated/α-hetero) is 1. The fourth-order valence-corrected chi connectivity index (χ4v) is 1.68. The number of nitrogens with zero attached hydrogens (tertiary/aromatic N) is 2. The Labute approximate surface area is 90.2 Å². The molecule has 1 aromatic rings. The average Bonchev–Trinajstić information content (AvgIpc) is 2.56. The number of rotatable bonds is 3. The van der Waals surface area contributed by atoms with Gasteiger partial charge in [-0.3, -0.25) is 9.48 Å². The van der Waals surface area contributed by atoms with Crippen LogP contribution in [-0.4, -0.2) is 21.7 Å². The van der Waals surface area contributed by atoms with Gasteiger partial charge in [-0.05, 0) is 18.8 Å². The standard InChI is InChI=1S/C10H11F3N2O/c11-10(12,13)9(16)8-4-14-15(6-8)5-7-2-1-3-7/h4,6-7H,1-3,5H2. The second-order valence-electron chi connectivity index (χ2n) is 4.07. The van der Waals surface area contributed by atoms with E-state index < -0.39 is 12.0 Å². The van der Waals surface area contributed by atoms with Crippen LogP contribution in [0.15, 0.2) is 12.4 Å². The van der Waals surface area contributed by atoms with Crippen molar-refractivity contribution in [3.05, 3.63) is 18.0 Å². The van der Waals surface area contributed by atoms with Crippen LogP contribution in [0.5, 0.6) is 0 Å². The van der Waals surface area contributed by atoms with Gasteiger partial charge in [0, 0.05) is 12.7 Å². The molecular formula is C10H11F3N2O. The van der Waals surface area contributed by atoms with Gasteiger partial charge in [0.15, 0.2) is 0 Å². The van der Waals surface area contributed by atoms with E-state index in [1.165, 1.54) is 17.3 Å². The Morgan fingerprint density at radius 2 is 2.19 bits per heavy atom. The van der Waals surface area contributed by atoms with E-state index >= 15 is 0 Å². The first kappa shape index (κ1) is 11.2. The van der Waals surface area contributed by atoms with Gasteiger partial charge in [-0.2, -0.15) is 18.3 Å². The Hall–Kier alpha value is -1.33. The summed E-state index contributed by atoms with van der Waals surface area (Å²) in [7, 11) is 0. The summed E-state index contributed by atoms with van der Waals surface area (Å²) in [5.74, 6) is -1.33. The smallest absolute Gasteiger partial charge is 0.284 e. The Morgan fingerprint density at radius 1 is 1.50 bits per heavy atom. The molecule has 0 bridgehead atoms. The summed E-state index contributed by atoms with van der Waals surface area (Å²) < 4.78 is 37.7. The van der Waals surface area contributed by atoms with Crippen molar-refractivity contribution in [2.45, 2.75) is 32.0 Å². The van der Waals surface area contributed by atoms with E-state index in [1.807, 2.05) is 0 Å². The maximum atomic E-state index is 12.1. The molecule has 0 aliphatic heterocycles. The second kappa shape index (κ2) is 3.92. The number of alkyl halides is 3.